The molecule has 2 aliphatic rings. The van der Waals surface area contributed by atoms with Crippen LogP contribution in [0.15, 0.2) is 4.99 Å². The number of rotatable bonds is 1. The lowest BCUT2D eigenvalue weighted by molar-refractivity contribution is 0.565. The number of pyridine rings is 1. The smallest absolute Gasteiger partial charge is 0.240 e. The molecule has 1 atom stereocenters. The Morgan fingerprint density at radius 1 is 1.31 bits per heavy atom. The quantitative estimate of drug-likeness (QED) is 0.532. The third-order valence-electron chi connectivity index (χ3n) is 3.78. The van der Waals surface area contributed by atoms with Gasteiger partial charge in [0.2, 0.25) is 6.08 Å². The minimum Gasteiger partial charge on any atom is -0.257 e. The van der Waals surface area contributed by atoms with Crippen LogP contribution in [-0.4, -0.2) is 11.1 Å². The molecule has 1 aromatic rings. The molecule has 1 aromatic heterocycles. The molecule has 0 saturated heterocycles. The average molecular weight is 214 g/mol. The molecule has 1 heterocycles. The molecule has 0 spiro atoms. The van der Waals surface area contributed by atoms with E-state index in [0.29, 0.717) is 5.92 Å². The molecule has 0 fully saturated rings. The van der Waals surface area contributed by atoms with Gasteiger partial charge in [-0.15, -0.1) is 0 Å². The molecular weight excluding hydrogens is 200 g/mol. The van der Waals surface area contributed by atoms with Crippen molar-refractivity contribution < 1.29 is 4.79 Å². The van der Waals surface area contributed by atoms with Crippen molar-refractivity contribution in [1.29, 1.82) is 0 Å². The Kier molecular flexibility index (Phi) is 2.15. The molecule has 1 unspecified atom stereocenters. The summed E-state index contributed by atoms with van der Waals surface area (Å²) in [4.78, 5) is 19.3. The fourth-order valence-electron chi connectivity index (χ4n) is 2.95. The second-order valence-electron chi connectivity index (χ2n) is 4.75. The van der Waals surface area contributed by atoms with E-state index in [0.717, 1.165) is 37.8 Å². The third-order valence-corrected chi connectivity index (χ3v) is 3.78. The number of carbonyl (C=O) groups excluding carboxylic acids is 1. The van der Waals surface area contributed by atoms with Crippen LogP contribution in [0.1, 0.15) is 48.2 Å². The van der Waals surface area contributed by atoms with Gasteiger partial charge >= 0.3 is 0 Å². The van der Waals surface area contributed by atoms with Crippen molar-refractivity contribution in [3.05, 3.63) is 22.5 Å². The summed E-state index contributed by atoms with van der Waals surface area (Å²) in [6, 6.07) is 0. The average Bonchev–Trinajstić information content (AvgIpc) is 2.87. The lowest BCUT2D eigenvalue weighted by atomic mass is 10.0. The summed E-state index contributed by atoms with van der Waals surface area (Å²) in [5.41, 5.74) is 5.65. The summed E-state index contributed by atoms with van der Waals surface area (Å²) in [5, 5.41) is 0. The monoisotopic (exact) mass is 214 g/mol. The summed E-state index contributed by atoms with van der Waals surface area (Å²) in [7, 11) is 0. The first kappa shape index (κ1) is 9.73. The standard InChI is InChI=1S/C13H14N2O/c1-8-5-6-10-12(8)15-11-4-2-3-9(11)13(10)14-7-16/h8H,2-6H2,1H3. The van der Waals surface area contributed by atoms with Crippen molar-refractivity contribution in [2.75, 3.05) is 0 Å². The number of aryl methyl sites for hydroxylation is 1. The van der Waals surface area contributed by atoms with Gasteiger partial charge in [0.1, 0.15) is 0 Å². The van der Waals surface area contributed by atoms with E-state index >= 15 is 0 Å². The molecule has 0 aliphatic heterocycles. The Hall–Kier alpha value is -1.47. The number of nitrogens with zero attached hydrogens (tertiary/aromatic N) is 2. The molecule has 82 valence electrons. The Morgan fingerprint density at radius 3 is 3.00 bits per heavy atom. The second kappa shape index (κ2) is 3.53. The van der Waals surface area contributed by atoms with Gasteiger partial charge in [0.15, 0.2) is 0 Å². The van der Waals surface area contributed by atoms with Crippen LogP contribution in [0.25, 0.3) is 0 Å². The van der Waals surface area contributed by atoms with Crippen LogP contribution >= 0.6 is 0 Å². The van der Waals surface area contributed by atoms with Gasteiger partial charge in [0.25, 0.3) is 0 Å². The van der Waals surface area contributed by atoms with E-state index in [1.807, 2.05) is 0 Å². The normalized spacial score (nSPS) is 21.4. The van der Waals surface area contributed by atoms with E-state index in [1.165, 1.54) is 22.5 Å². The topological polar surface area (TPSA) is 42.3 Å². The van der Waals surface area contributed by atoms with Crippen LogP contribution in [0.2, 0.25) is 0 Å². The Balaban J connectivity index is 2.28. The fraction of sp³-hybridized carbons (Fsp3) is 0.538. The number of aromatic nitrogens is 1. The Labute approximate surface area is 94.6 Å². The van der Waals surface area contributed by atoms with E-state index in [-0.39, 0.29) is 0 Å². The zero-order chi connectivity index (χ0) is 11.1. The molecule has 0 amide bonds. The maximum Gasteiger partial charge on any atom is 0.240 e. The molecule has 3 heteroatoms. The van der Waals surface area contributed by atoms with Crippen LogP contribution in [0.5, 0.6) is 0 Å². The highest BCUT2D eigenvalue weighted by Crippen LogP contribution is 2.42. The lowest BCUT2D eigenvalue weighted by Crippen LogP contribution is -1.99. The van der Waals surface area contributed by atoms with Crippen molar-refractivity contribution in [3.63, 3.8) is 0 Å². The highest BCUT2D eigenvalue weighted by atomic mass is 16.1. The number of hydrogen-bond acceptors (Lipinski definition) is 3. The number of hydrogen-bond donors (Lipinski definition) is 0. The van der Waals surface area contributed by atoms with Crippen LogP contribution in [0.4, 0.5) is 5.69 Å². The molecule has 0 saturated carbocycles. The molecule has 0 bridgehead atoms. The van der Waals surface area contributed by atoms with Crippen molar-refractivity contribution in [2.45, 2.75) is 44.9 Å². The predicted molar refractivity (Wildman–Crippen MR) is 60.8 cm³/mol. The molecule has 0 N–H and O–H groups in total. The van der Waals surface area contributed by atoms with E-state index in [2.05, 4.69) is 11.9 Å². The summed E-state index contributed by atoms with van der Waals surface area (Å²) < 4.78 is 0. The lowest BCUT2D eigenvalue weighted by Gasteiger charge is -2.10. The molecule has 0 aromatic carbocycles. The molecule has 16 heavy (non-hydrogen) atoms. The van der Waals surface area contributed by atoms with Crippen LogP contribution < -0.4 is 0 Å². The number of fused-ring (bicyclic) bond motifs is 2. The second-order valence-corrected chi connectivity index (χ2v) is 4.75. The fourth-order valence-corrected chi connectivity index (χ4v) is 2.95. The maximum atomic E-state index is 10.5. The van der Waals surface area contributed by atoms with Crippen molar-refractivity contribution in [2.24, 2.45) is 4.99 Å². The predicted octanol–water partition coefficient (Wildman–Crippen LogP) is 2.59. The largest absolute Gasteiger partial charge is 0.257 e. The van der Waals surface area contributed by atoms with E-state index < -0.39 is 0 Å². The molecule has 2 aliphatic carbocycles. The zero-order valence-corrected chi connectivity index (χ0v) is 9.42. The van der Waals surface area contributed by atoms with Crippen molar-refractivity contribution in [3.8, 4) is 0 Å². The summed E-state index contributed by atoms with van der Waals surface area (Å²) in [6.45, 7) is 2.20. The molecular formula is C13H14N2O. The van der Waals surface area contributed by atoms with E-state index in [1.54, 1.807) is 6.08 Å². The highest BCUT2D eigenvalue weighted by Gasteiger charge is 2.28. The first-order valence-corrected chi connectivity index (χ1v) is 5.93. The van der Waals surface area contributed by atoms with Crippen molar-refractivity contribution in [1.82, 2.24) is 4.98 Å². The van der Waals surface area contributed by atoms with Gasteiger partial charge in [0, 0.05) is 22.5 Å². The maximum absolute atomic E-state index is 10.5. The van der Waals surface area contributed by atoms with Crippen LogP contribution in [-0.2, 0) is 24.1 Å². The van der Waals surface area contributed by atoms with Gasteiger partial charge in [-0.2, -0.15) is 4.99 Å². The van der Waals surface area contributed by atoms with Crippen LogP contribution in [0, 0.1) is 0 Å². The Morgan fingerprint density at radius 2 is 2.19 bits per heavy atom. The van der Waals surface area contributed by atoms with Gasteiger partial charge in [-0.1, -0.05) is 6.92 Å². The van der Waals surface area contributed by atoms with Crippen LogP contribution in [0.3, 0.4) is 0 Å². The highest BCUT2D eigenvalue weighted by molar-refractivity contribution is 5.63. The summed E-state index contributed by atoms with van der Waals surface area (Å²) in [6.07, 6.45) is 7.04. The first-order valence-electron chi connectivity index (χ1n) is 5.93. The first-order chi connectivity index (χ1) is 7.81. The molecule has 3 rings (SSSR count). The van der Waals surface area contributed by atoms with Gasteiger partial charge in [-0.25, -0.2) is 4.79 Å². The van der Waals surface area contributed by atoms with Gasteiger partial charge in [0.05, 0.1) is 5.69 Å². The van der Waals surface area contributed by atoms with Gasteiger partial charge in [-0.3, -0.25) is 4.98 Å². The van der Waals surface area contributed by atoms with Gasteiger partial charge in [-0.05, 0) is 38.0 Å². The molecule has 0 radical (unpaired) electrons. The van der Waals surface area contributed by atoms with E-state index in [9.17, 15) is 4.79 Å². The summed E-state index contributed by atoms with van der Waals surface area (Å²) in [5.74, 6) is 0.515. The molecule has 3 nitrogen and oxygen atoms in total. The summed E-state index contributed by atoms with van der Waals surface area (Å²) >= 11 is 0. The SMILES string of the molecule is CC1CCc2c1nc1c(c2N=C=O)CCC1. The minimum absolute atomic E-state index is 0.515. The Bertz CT molecular complexity index is 501. The number of isocyanates is 1. The zero-order valence-electron chi connectivity index (χ0n) is 9.42. The van der Waals surface area contributed by atoms with Crippen molar-refractivity contribution >= 4 is 11.8 Å². The third kappa shape index (κ3) is 1.25. The number of aliphatic imine (C=N–C) groups is 1. The minimum atomic E-state index is 0.515. The van der Waals surface area contributed by atoms with E-state index in [4.69, 9.17) is 4.98 Å². The van der Waals surface area contributed by atoms with Gasteiger partial charge < -0.3 is 0 Å².